The van der Waals surface area contributed by atoms with E-state index >= 15 is 0 Å². The van der Waals surface area contributed by atoms with Gasteiger partial charge in [0.25, 0.3) is 0 Å². The zero-order valence-corrected chi connectivity index (χ0v) is 14.2. The fourth-order valence-corrected chi connectivity index (χ4v) is 2.61. The first kappa shape index (κ1) is 17.0. The molecule has 1 aromatic carbocycles. The van der Waals surface area contributed by atoms with E-state index in [2.05, 4.69) is 26.6 Å². The molecule has 2 amide bonds. The number of aryl methyl sites for hydroxylation is 1. The Bertz CT molecular complexity index is 542. The van der Waals surface area contributed by atoms with Crippen molar-refractivity contribution in [2.45, 2.75) is 38.7 Å². The summed E-state index contributed by atoms with van der Waals surface area (Å²) >= 11 is 3.41. The zero-order chi connectivity index (χ0) is 15.9. The van der Waals surface area contributed by atoms with Gasteiger partial charge in [-0.05, 0) is 49.9 Å². The predicted octanol–water partition coefficient (Wildman–Crippen LogP) is 2.77. The van der Waals surface area contributed by atoms with E-state index in [0.717, 1.165) is 41.6 Å². The fourth-order valence-electron chi connectivity index (χ4n) is 2.36. The number of amides is 2. The molecule has 0 aromatic heterocycles. The summed E-state index contributed by atoms with van der Waals surface area (Å²) in [6.45, 7) is 2.73. The van der Waals surface area contributed by atoms with Crippen molar-refractivity contribution in [2.24, 2.45) is 0 Å². The van der Waals surface area contributed by atoms with Crippen molar-refractivity contribution < 1.29 is 14.3 Å². The molecule has 6 heteroatoms. The summed E-state index contributed by atoms with van der Waals surface area (Å²) in [4.78, 5) is 23.5. The molecule has 0 spiro atoms. The number of ether oxygens (including phenoxy) is 1. The smallest absolute Gasteiger partial charge is 0.243 e. The number of anilines is 1. The molecule has 1 aromatic rings. The number of halogens is 1. The van der Waals surface area contributed by atoms with Crippen LogP contribution in [0.3, 0.4) is 0 Å². The number of hydrogen-bond donors (Lipinski definition) is 2. The van der Waals surface area contributed by atoms with Gasteiger partial charge in [0.05, 0.1) is 12.6 Å². The van der Waals surface area contributed by atoms with Crippen LogP contribution >= 0.6 is 15.9 Å². The van der Waals surface area contributed by atoms with Gasteiger partial charge in [-0.15, -0.1) is 0 Å². The first-order valence-corrected chi connectivity index (χ1v) is 8.28. The monoisotopic (exact) mass is 368 g/mol. The molecule has 0 unspecified atom stereocenters. The van der Waals surface area contributed by atoms with Crippen LogP contribution in [0.1, 0.15) is 31.2 Å². The number of benzene rings is 1. The Kier molecular flexibility index (Phi) is 6.39. The molecule has 5 nitrogen and oxygen atoms in total. The van der Waals surface area contributed by atoms with E-state index in [1.807, 2.05) is 25.1 Å². The Labute approximate surface area is 138 Å². The Morgan fingerprint density at radius 3 is 2.86 bits per heavy atom. The maximum absolute atomic E-state index is 11.8. The van der Waals surface area contributed by atoms with E-state index in [1.165, 1.54) is 0 Å². The van der Waals surface area contributed by atoms with E-state index in [1.54, 1.807) is 0 Å². The summed E-state index contributed by atoms with van der Waals surface area (Å²) in [7, 11) is 0. The van der Waals surface area contributed by atoms with Crippen molar-refractivity contribution in [3.8, 4) is 0 Å². The average Bonchev–Trinajstić information content (AvgIpc) is 3.00. The lowest BCUT2D eigenvalue weighted by molar-refractivity contribution is -0.124. The van der Waals surface area contributed by atoms with Gasteiger partial charge in [0.1, 0.15) is 0 Å². The lowest BCUT2D eigenvalue weighted by Gasteiger charge is -2.10. The van der Waals surface area contributed by atoms with Gasteiger partial charge in [-0.1, -0.05) is 15.9 Å². The van der Waals surface area contributed by atoms with Crippen LogP contribution in [0.15, 0.2) is 22.7 Å². The minimum absolute atomic E-state index is 0.0144. The molecule has 2 N–H and O–H groups in total. The molecule has 2 rings (SSSR count). The summed E-state index contributed by atoms with van der Waals surface area (Å²) < 4.78 is 6.46. The maximum Gasteiger partial charge on any atom is 0.243 e. The Balaban J connectivity index is 1.68. The molecule has 120 valence electrons. The molecular formula is C16H21BrN2O3. The van der Waals surface area contributed by atoms with Crippen molar-refractivity contribution in [3.05, 3.63) is 28.2 Å². The van der Waals surface area contributed by atoms with Crippen molar-refractivity contribution in [1.29, 1.82) is 0 Å². The number of carbonyl (C=O) groups is 2. The molecular weight excluding hydrogens is 348 g/mol. The predicted molar refractivity (Wildman–Crippen MR) is 88.7 cm³/mol. The van der Waals surface area contributed by atoms with Crippen molar-refractivity contribution >= 4 is 33.4 Å². The van der Waals surface area contributed by atoms with E-state index in [0.29, 0.717) is 6.42 Å². The summed E-state index contributed by atoms with van der Waals surface area (Å²) in [6.07, 6.45) is 3.41. The Hall–Kier alpha value is -1.40. The number of hydrogen-bond acceptors (Lipinski definition) is 3. The third kappa shape index (κ3) is 5.42. The molecule has 1 saturated heterocycles. The van der Waals surface area contributed by atoms with Crippen LogP contribution in [-0.2, 0) is 14.3 Å². The number of carbonyl (C=O) groups excluding carboxylic acids is 2. The zero-order valence-electron chi connectivity index (χ0n) is 12.7. The highest BCUT2D eigenvalue weighted by Gasteiger charge is 2.16. The van der Waals surface area contributed by atoms with Crippen molar-refractivity contribution in [2.75, 3.05) is 18.5 Å². The Morgan fingerprint density at radius 1 is 1.36 bits per heavy atom. The highest BCUT2D eigenvalue weighted by molar-refractivity contribution is 9.10. The lowest BCUT2D eigenvalue weighted by atomic mass is 10.1. The molecule has 1 aliphatic heterocycles. The largest absolute Gasteiger partial charge is 0.378 e. The van der Waals surface area contributed by atoms with Gasteiger partial charge in [-0.25, -0.2) is 0 Å². The van der Waals surface area contributed by atoms with Gasteiger partial charge >= 0.3 is 0 Å². The van der Waals surface area contributed by atoms with E-state index in [9.17, 15) is 9.59 Å². The summed E-state index contributed by atoms with van der Waals surface area (Å²) in [5, 5.41) is 5.40. The summed E-state index contributed by atoms with van der Waals surface area (Å²) in [5.41, 5.74) is 1.76. The first-order valence-electron chi connectivity index (χ1n) is 7.49. The second kappa shape index (κ2) is 8.29. The van der Waals surface area contributed by atoms with Gasteiger partial charge in [-0.3, -0.25) is 9.59 Å². The Morgan fingerprint density at radius 2 is 2.18 bits per heavy atom. The molecule has 1 fully saturated rings. The van der Waals surface area contributed by atoms with Gasteiger partial charge in [0.15, 0.2) is 0 Å². The lowest BCUT2D eigenvalue weighted by Crippen LogP contribution is -2.33. The van der Waals surface area contributed by atoms with Crippen molar-refractivity contribution in [1.82, 2.24) is 5.32 Å². The molecule has 1 aliphatic rings. The van der Waals surface area contributed by atoms with Crippen LogP contribution in [0.5, 0.6) is 0 Å². The van der Waals surface area contributed by atoms with E-state index in [-0.39, 0.29) is 24.5 Å². The highest BCUT2D eigenvalue weighted by atomic mass is 79.9. The number of nitrogens with one attached hydrogen (secondary N) is 2. The first-order chi connectivity index (χ1) is 10.5. The molecule has 0 aliphatic carbocycles. The number of rotatable bonds is 6. The quantitative estimate of drug-likeness (QED) is 0.810. The molecule has 1 heterocycles. The van der Waals surface area contributed by atoms with E-state index < -0.39 is 0 Å². The topological polar surface area (TPSA) is 67.4 Å². The normalized spacial score (nSPS) is 17.3. The average molecular weight is 369 g/mol. The molecule has 1 atom stereocenters. The maximum atomic E-state index is 11.8. The SMILES string of the molecule is Cc1cc(NC(=O)CNC(=O)CC[C@@H]2CCCO2)ccc1Br. The minimum atomic E-state index is -0.229. The van der Waals surface area contributed by atoms with Crippen LogP contribution < -0.4 is 10.6 Å². The van der Waals surface area contributed by atoms with Crippen LogP contribution in [0.4, 0.5) is 5.69 Å². The van der Waals surface area contributed by atoms with Crippen LogP contribution in [0.2, 0.25) is 0 Å². The minimum Gasteiger partial charge on any atom is -0.378 e. The fraction of sp³-hybridized carbons (Fsp3) is 0.500. The summed E-state index contributed by atoms with van der Waals surface area (Å²) in [5.74, 6) is -0.343. The van der Waals surface area contributed by atoms with Crippen molar-refractivity contribution in [3.63, 3.8) is 0 Å². The van der Waals surface area contributed by atoms with Crippen LogP contribution in [0, 0.1) is 6.92 Å². The van der Waals surface area contributed by atoms with Gasteiger partial charge < -0.3 is 15.4 Å². The van der Waals surface area contributed by atoms with Crippen LogP contribution in [-0.4, -0.2) is 31.1 Å². The second-order valence-electron chi connectivity index (χ2n) is 5.46. The third-order valence-corrected chi connectivity index (χ3v) is 4.49. The standard InChI is InChI=1S/C16H21BrN2O3/c1-11-9-12(4-6-14(11)17)19-16(21)10-18-15(20)7-5-13-3-2-8-22-13/h4,6,9,13H,2-3,5,7-8,10H2,1H3,(H,18,20)(H,19,21)/t13-/m0/s1. The van der Waals surface area contributed by atoms with E-state index in [4.69, 9.17) is 4.74 Å². The van der Waals surface area contributed by atoms with Gasteiger partial charge in [-0.2, -0.15) is 0 Å². The highest BCUT2D eigenvalue weighted by Crippen LogP contribution is 2.20. The molecule has 0 bridgehead atoms. The van der Waals surface area contributed by atoms with Crippen LogP contribution in [0.25, 0.3) is 0 Å². The molecule has 22 heavy (non-hydrogen) atoms. The summed E-state index contributed by atoms with van der Waals surface area (Å²) in [6, 6.07) is 5.57. The third-order valence-electron chi connectivity index (χ3n) is 3.61. The molecule has 0 saturated carbocycles. The van der Waals surface area contributed by atoms with Gasteiger partial charge in [0.2, 0.25) is 11.8 Å². The molecule has 0 radical (unpaired) electrons. The van der Waals surface area contributed by atoms with Gasteiger partial charge in [0, 0.05) is 23.2 Å². The second-order valence-corrected chi connectivity index (χ2v) is 6.32.